The molecule has 278 valence electrons. The van der Waals surface area contributed by atoms with E-state index in [1.165, 1.54) is 0 Å². The van der Waals surface area contributed by atoms with Gasteiger partial charge in [-0.2, -0.15) is 114 Å². The van der Waals surface area contributed by atoms with E-state index < -0.39 is 83.5 Å². The van der Waals surface area contributed by atoms with Gasteiger partial charge in [-0.15, -0.1) is 0 Å². The summed E-state index contributed by atoms with van der Waals surface area (Å²) in [5, 5.41) is 0. The first-order valence-corrected chi connectivity index (χ1v) is 9.22. The Hall–Kier alpha value is -2.92. The molecule has 46 heavy (non-hydrogen) atoms. The third-order valence-electron chi connectivity index (χ3n) is 4.62. The molecular formula is C15H8F26N2O3. The van der Waals surface area contributed by atoms with Gasteiger partial charge in [0.1, 0.15) is 0 Å². The number of hydrogen-bond acceptors (Lipinski definition) is 4. The van der Waals surface area contributed by atoms with E-state index in [4.69, 9.17) is 0 Å². The number of methoxy groups -OCH3 is 1. The summed E-state index contributed by atoms with van der Waals surface area (Å²) < 4.78 is 325. The highest BCUT2D eigenvalue weighted by atomic mass is 19.4. The maximum absolute atomic E-state index is 12.8. The number of ether oxygens (including phenoxy) is 1. The smallest absolute Gasteiger partial charge is 0.460 e. The number of nitrogens with two attached hydrogens (primary N) is 1. The van der Waals surface area contributed by atoms with Crippen molar-refractivity contribution >= 4 is 11.9 Å². The molecule has 1 amide bonds. The van der Waals surface area contributed by atoms with E-state index in [0.717, 1.165) is 0 Å². The number of amides is 1. The van der Waals surface area contributed by atoms with Gasteiger partial charge in [-0.3, -0.25) is 4.79 Å². The van der Waals surface area contributed by atoms with Crippen LogP contribution in [0.3, 0.4) is 0 Å². The first-order chi connectivity index (χ1) is 18.9. The summed E-state index contributed by atoms with van der Waals surface area (Å²) in [7, 11) is -0.0903. The number of esters is 1. The monoisotopic (exact) mass is 758 g/mol. The maximum atomic E-state index is 12.8. The molecule has 0 saturated heterocycles. The lowest BCUT2D eigenvalue weighted by Gasteiger charge is -2.38. The zero-order valence-corrected chi connectivity index (χ0v) is 20.3. The Kier molecular flexibility index (Phi) is 12.7. The lowest BCUT2D eigenvalue weighted by Crippen LogP contribution is -2.71. The summed E-state index contributed by atoms with van der Waals surface area (Å²) in [4.78, 5) is 20.2. The molecule has 0 unspecified atom stereocenters. The van der Waals surface area contributed by atoms with E-state index in [1.54, 1.807) is 0 Å². The van der Waals surface area contributed by atoms with E-state index in [0.29, 0.717) is 0 Å². The number of carbonyl (C=O) groups excluding carboxylic acids is 2. The van der Waals surface area contributed by atoms with Crippen LogP contribution in [0.15, 0.2) is 0 Å². The highest BCUT2D eigenvalue weighted by Crippen LogP contribution is 2.61. The number of alkyl halides is 26. The van der Waals surface area contributed by atoms with Crippen molar-refractivity contribution in [3.63, 3.8) is 0 Å². The standard InChI is InChI=1S/C8H3F13O2.C7H2F13NO.H3N/c1-23-2(22)3(9,10)4(11,12)5(13,14)6(15,16)7(17,18)8(19,20)21;8-2(9,1(21)22)3(10,11)4(12,13)5(14,15)6(16,17)7(18,19)20;/h1H3;(H2,21,22);1H3. The SMILES string of the molecule is COC(=O)C(F)(F)C(F)(F)C(F)(F)C(F)(F)C(F)(F)C(F)(F)F.N.NC(=O)C(F)(F)C(F)(F)C(F)(F)C(F)(F)C(F)(F)C(F)(F)F. The van der Waals surface area contributed by atoms with Gasteiger partial charge in [0.05, 0.1) is 7.11 Å². The molecule has 0 spiro atoms. The Morgan fingerprint density at radius 3 is 0.761 bits per heavy atom. The molecule has 0 rings (SSSR count). The van der Waals surface area contributed by atoms with Gasteiger partial charge in [0, 0.05) is 0 Å². The lowest BCUT2D eigenvalue weighted by atomic mass is 9.94. The van der Waals surface area contributed by atoms with Crippen molar-refractivity contribution in [1.82, 2.24) is 6.15 Å². The molecule has 0 saturated carbocycles. The second-order valence-corrected chi connectivity index (χ2v) is 7.60. The van der Waals surface area contributed by atoms with Gasteiger partial charge >= 0.3 is 77.5 Å². The topological polar surface area (TPSA) is 104 Å². The Morgan fingerprint density at radius 1 is 0.391 bits per heavy atom. The molecule has 0 fully saturated rings. The summed E-state index contributed by atoms with van der Waals surface area (Å²) in [5.41, 5.74) is 3.53. The molecule has 0 heterocycles. The van der Waals surface area contributed by atoms with Crippen LogP contribution in [-0.4, -0.2) is 90.6 Å². The average Bonchev–Trinajstić information content (AvgIpc) is 2.81. The Balaban J connectivity index is -0.000000788. The minimum atomic E-state index is -8.03. The Morgan fingerprint density at radius 2 is 0.587 bits per heavy atom. The fourth-order valence-electron chi connectivity index (χ4n) is 1.95. The van der Waals surface area contributed by atoms with Gasteiger partial charge in [0.15, 0.2) is 0 Å². The van der Waals surface area contributed by atoms with Crippen LogP contribution in [-0.2, 0) is 14.3 Å². The number of rotatable bonds is 10. The van der Waals surface area contributed by atoms with Crippen molar-refractivity contribution in [3.8, 4) is 0 Å². The molecule has 0 aromatic rings. The average molecular weight is 758 g/mol. The highest BCUT2D eigenvalue weighted by Gasteiger charge is 2.93. The van der Waals surface area contributed by atoms with Crippen LogP contribution < -0.4 is 11.9 Å². The van der Waals surface area contributed by atoms with Gasteiger partial charge in [-0.1, -0.05) is 0 Å². The van der Waals surface area contributed by atoms with Crippen LogP contribution in [0.5, 0.6) is 0 Å². The Bertz CT molecular complexity index is 1090. The van der Waals surface area contributed by atoms with Crippen molar-refractivity contribution in [2.24, 2.45) is 5.73 Å². The Labute approximate surface area is 232 Å². The number of carbonyl (C=O) groups is 2. The van der Waals surface area contributed by atoms with Crippen molar-refractivity contribution in [3.05, 3.63) is 0 Å². The molecule has 5 N–H and O–H groups in total. The fraction of sp³-hybridized carbons (Fsp3) is 0.867. The van der Waals surface area contributed by atoms with E-state index in [2.05, 4.69) is 10.5 Å². The minimum Gasteiger partial charge on any atom is -0.464 e. The predicted octanol–water partition coefficient (Wildman–Crippen LogP) is 7.27. The molecule has 0 radical (unpaired) electrons. The highest BCUT2D eigenvalue weighted by molar-refractivity contribution is 5.83. The van der Waals surface area contributed by atoms with Crippen molar-refractivity contribution < 1.29 is 128 Å². The first kappa shape index (κ1) is 47.5. The van der Waals surface area contributed by atoms with Crippen LogP contribution in [0, 0.1) is 0 Å². The molecule has 0 aliphatic heterocycles. The second kappa shape index (κ2) is 12.3. The van der Waals surface area contributed by atoms with Gasteiger partial charge in [-0.05, 0) is 0 Å². The minimum absolute atomic E-state index is 0. The van der Waals surface area contributed by atoms with Crippen molar-refractivity contribution in [2.75, 3.05) is 7.11 Å². The van der Waals surface area contributed by atoms with Crippen LogP contribution in [0.1, 0.15) is 0 Å². The number of hydrogen-bond donors (Lipinski definition) is 2. The van der Waals surface area contributed by atoms with E-state index in [1.807, 2.05) is 0 Å². The van der Waals surface area contributed by atoms with Crippen LogP contribution in [0.4, 0.5) is 114 Å². The van der Waals surface area contributed by atoms with Crippen molar-refractivity contribution in [1.29, 1.82) is 0 Å². The largest absolute Gasteiger partial charge is 0.464 e. The summed E-state index contributed by atoms with van der Waals surface area (Å²) in [6.07, 6.45) is -15.0. The molecule has 0 atom stereocenters. The first-order valence-electron chi connectivity index (χ1n) is 9.22. The number of primary amides is 1. The summed E-state index contributed by atoms with van der Waals surface area (Å²) in [6, 6.07) is 0. The molecule has 0 aliphatic carbocycles. The van der Waals surface area contributed by atoms with Crippen LogP contribution in [0.2, 0.25) is 0 Å². The van der Waals surface area contributed by atoms with Gasteiger partial charge < -0.3 is 16.6 Å². The zero-order chi connectivity index (χ0) is 37.9. The maximum Gasteiger partial charge on any atom is 0.460 e. The molecule has 0 aliphatic rings. The lowest BCUT2D eigenvalue weighted by molar-refractivity contribution is -0.436. The quantitative estimate of drug-likeness (QED) is 0.181. The molecule has 0 bridgehead atoms. The summed E-state index contributed by atoms with van der Waals surface area (Å²) in [6.45, 7) is 0. The molecule has 0 aromatic heterocycles. The predicted molar refractivity (Wildman–Crippen MR) is 87.8 cm³/mol. The van der Waals surface area contributed by atoms with Crippen molar-refractivity contribution in [2.45, 2.75) is 71.6 Å². The molecular weight excluding hydrogens is 750 g/mol. The normalized spacial score (nSPS) is 15.4. The summed E-state index contributed by atoms with van der Waals surface area (Å²) >= 11 is 0. The van der Waals surface area contributed by atoms with E-state index in [9.17, 15) is 124 Å². The van der Waals surface area contributed by atoms with Crippen LogP contribution >= 0.6 is 0 Å². The van der Waals surface area contributed by atoms with E-state index >= 15 is 0 Å². The third kappa shape index (κ3) is 6.46. The fourth-order valence-corrected chi connectivity index (χ4v) is 1.95. The van der Waals surface area contributed by atoms with Gasteiger partial charge in [0.25, 0.3) is 5.91 Å². The molecule has 5 nitrogen and oxygen atoms in total. The third-order valence-corrected chi connectivity index (χ3v) is 4.62. The molecule has 31 heteroatoms. The van der Waals surface area contributed by atoms with E-state index in [-0.39, 0.29) is 13.3 Å². The number of halogens is 26. The molecule has 0 aromatic carbocycles. The van der Waals surface area contributed by atoms with Crippen LogP contribution in [0.25, 0.3) is 0 Å². The van der Waals surface area contributed by atoms with Gasteiger partial charge in [0.2, 0.25) is 0 Å². The summed E-state index contributed by atoms with van der Waals surface area (Å²) in [5.74, 6) is -83.9. The zero-order valence-electron chi connectivity index (χ0n) is 20.3. The van der Waals surface area contributed by atoms with Gasteiger partial charge in [-0.25, -0.2) is 4.79 Å². The second-order valence-electron chi connectivity index (χ2n) is 7.60.